The van der Waals surface area contributed by atoms with Gasteiger partial charge in [0.25, 0.3) is 11.8 Å². The molecule has 0 aliphatic carbocycles. The van der Waals surface area contributed by atoms with Crippen molar-refractivity contribution in [2.75, 3.05) is 26.1 Å². The smallest absolute Gasteiger partial charge is 0.276 e. The standard InChI is InChI=1S/C26H27N5O5S/c1-4-30-14-18(13-27-30)15-31-25(33)20(29-26(31)37)11-17-9-10-22(23(12-17)35-3)36-16-24(32)28-19-7-5-6-8-21(19)34-2/h5-14H,4,15-16H2,1-3H3,(H,28,32)(H,29,37)/b20-11+. The molecule has 2 N–H and O–H groups in total. The van der Waals surface area contributed by atoms with E-state index in [2.05, 4.69) is 15.7 Å². The highest BCUT2D eigenvalue weighted by molar-refractivity contribution is 7.80. The van der Waals surface area contributed by atoms with Crippen LogP contribution in [0.25, 0.3) is 6.08 Å². The van der Waals surface area contributed by atoms with Crippen molar-refractivity contribution in [3.05, 3.63) is 71.7 Å². The maximum atomic E-state index is 13.0. The Labute approximate surface area is 219 Å². The van der Waals surface area contributed by atoms with E-state index in [4.69, 9.17) is 26.4 Å². The maximum absolute atomic E-state index is 13.0. The van der Waals surface area contributed by atoms with E-state index in [1.54, 1.807) is 53.4 Å². The zero-order chi connectivity index (χ0) is 26.4. The minimum atomic E-state index is -0.350. The van der Waals surface area contributed by atoms with Crippen molar-refractivity contribution in [3.63, 3.8) is 0 Å². The molecule has 0 atom stereocenters. The Balaban J connectivity index is 1.41. The number of nitrogens with zero attached hydrogens (tertiary/aromatic N) is 3. The maximum Gasteiger partial charge on any atom is 0.276 e. The number of aromatic nitrogens is 2. The lowest BCUT2D eigenvalue weighted by molar-refractivity contribution is -0.122. The van der Waals surface area contributed by atoms with Gasteiger partial charge in [-0.15, -0.1) is 0 Å². The summed E-state index contributed by atoms with van der Waals surface area (Å²) in [6, 6.07) is 12.3. The first-order chi connectivity index (χ1) is 17.9. The number of hydrogen-bond donors (Lipinski definition) is 2. The van der Waals surface area contributed by atoms with Crippen LogP contribution in [0.15, 0.2) is 60.6 Å². The second-order valence-corrected chi connectivity index (χ2v) is 8.42. The van der Waals surface area contributed by atoms with Gasteiger partial charge in [-0.2, -0.15) is 5.10 Å². The quantitative estimate of drug-likeness (QED) is 0.310. The Morgan fingerprint density at radius 3 is 2.65 bits per heavy atom. The van der Waals surface area contributed by atoms with E-state index in [1.165, 1.54) is 19.1 Å². The van der Waals surface area contributed by atoms with Crippen molar-refractivity contribution in [1.82, 2.24) is 20.0 Å². The summed E-state index contributed by atoms with van der Waals surface area (Å²) in [6.07, 6.45) is 5.30. The summed E-state index contributed by atoms with van der Waals surface area (Å²) in [5.74, 6) is 0.764. The third kappa shape index (κ3) is 6.07. The van der Waals surface area contributed by atoms with Crippen molar-refractivity contribution < 1.29 is 23.8 Å². The van der Waals surface area contributed by atoms with Crippen LogP contribution in [0.4, 0.5) is 5.69 Å². The van der Waals surface area contributed by atoms with Crippen LogP contribution < -0.4 is 24.8 Å². The minimum Gasteiger partial charge on any atom is -0.495 e. The van der Waals surface area contributed by atoms with Crippen LogP contribution in [0.2, 0.25) is 0 Å². The molecule has 11 heteroatoms. The zero-order valence-corrected chi connectivity index (χ0v) is 21.5. The number of carbonyl (C=O) groups excluding carboxylic acids is 2. The minimum absolute atomic E-state index is 0.229. The number of anilines is 1. The van der Waals surface area contributed by atoms with Crippen LogP contribution in [0.5, 0.6) is 17.2 Å². The number of hydrogen-bond acceptors (Lipinski definition) is 7. The van der Waals surface area contributed by atoms with E-state index in [9.17, 15) is 9.59 Å². The number of aryl methyl sites for hydroxylation is 1. The van der Waals surface area contributed by atoms with Gasteiger partial charge in [-0.1, -0.05) is 18.2 Å². The molecule has 1 saturated heterocycles. The van der Waals surface area contributed by atoms with Crippen LogP contribution in [-0.4, -0.2) is 52.4 Å². The molecule has 2 heterocycles. The fraction of sp³-hybridized carbons (Fsp3) is 0.231. The topological polar surface area (TPSA) is 107 Å². The lowest BCUT2D eigenvalue weighted by atomic mass is 10.1. The SMILES string of the molecule is CCn1cc(CN2C(=O)/C(=C\c3ccc(OCC(=O)Nc4ccccc4OC)c(OC)c3)NC2=S)cn1. The average molecular weight is 522 g/mol. The van der Waals surface area contributed by atoms with Gasteiger partial charge in [0.15, 0.2) is 23.2 Å². The molecular weight excluding hydrogens is 494 g/mol. The number of thiocarbonyl (C=S) groups is 1. The lowest BCUT2D eigenvalue weighted by Gasteiger charge is -2.13. The Hall–Kier alpha value is -4.38. The molecular formula is C26H27N5O5S. The van der Waals surface area contributed by atoms with Crippen LogP contribution in [0.3, 0.4) is 0 Å². The third-order valence-corrected chi connectivity index (χ3v) is 5.87. The van der Waals surface area contributed by atoms with Gasteiger partial charge >= 0.3 is 0 Å². The van der Waals surface area contributed by atoms with E-state index in [1.807, 2.05) is 19.2 Å². The van der Waals surface area contributed by atoms with Crippen LogP contribution >= 0.6 is 12.2 Å². The van der Waals surface area contributed by atoms with Crippen molar-refractivity contribution in [2.24, 2.45) is 0 Å². The predicted octanol–water partition coefficient (Wildman–Crippen LogP) is 3.20. The summed E-state index contributed by atoms with van der Waals surface area (Å²) in [4.78, 5) is 26.8. The first kappa shape index (κ1) is 25.7. The largest absolute Gasteiger partial charge is 0.495 e. The van der Waals surface area contributed by atoms with Gasteiger partial charge in [0, 0.05) is 18.3 Å². The monoisotopic (exact) mass is 521 g/mol. The van der Waals surface area contributed by atoms with Crippen molar-refractivity contribution in [3.8, 4) is 17.2 Å². The Morgan fingerprint density at radius 2 is 1.92 bits per heavy atom. The molecule has 192 valence electrons. The first-order valence-electron chi connectivity index (χ1n) is 11.5. The number of rotatable bonds is 10. The molecule has 0 saturated carbocycles. The van der Waals surface area contributed by atoms with Gasteiger partial charge in [0.2, 0.25) is 0 Å². The molecule has 0 bridgehead atoms. The molecule has 3 aromatic rings. The Morgan fingerprint density at radius 1 is 1.14 bits per heavy atom. The molecule has 10 nitrogen and oxygen atoms in total. The molecule has 1 aromatic heterocycles. The molecule has 1 aliphatic heterocycles. The second-order valence-electron chi connectivity index (χ2n) is 8.03. The highest BCUT2D eigenvalue weighted by atomic mass is 32.1. The van der Waals surface area contributed by atoms with Crippen LogP contribution in [0.1, 0.15) is 18.1 Å². The molecule has 2 aromatic carbocycles. The Bertz CT molecular complexity index is 1350. The number of carbonyl (C=O) groups is 2. The molecule has 0 unspecified atom stereocenters. The van der Waals surface area contributed by atoms with Gasteiger partial charge < -0.3 is 24.8 Å². The normalized spacial score (nSPS) is 14.0. The van der Waals surface area contributed by atoms with E-state index in [0.717, 1.165) is 12.1 Å². The highest BCUT2D eigenvalue weighted by Crippen LogP contribution is 2.30. The molecule has 4 rings (SSSR count). The number of para-hydroxylation sites is 2. The zero-order valence-electron chi connectivity index (χ0n) is 20.7. The number of ether oxygens (including phenoxy) is 3. The molecule has 0 radical (unpaired) electrons. The molecule has 0 spiro atoms. The van der Waals surface area contributed by atoms with Gasteiger partial charge in [0.05, 0.1) is 32.6 Å². The van der Waals surface area contributed by atoms with Crippen molar-refractivity contribution >= 4 is 40.9 Å². The van der Waals surface area contributed by atoms with Gasteiger partial charge in [-0.3, -0.25) is 19.2 Å². The number of nitrogens with one attached hydrogen (secondary N) is 2. The fourth-order valence-electron chi connectivity index (χ4n) is 3.70. The number of methoxy groups -OCH3 is 2. The van der Waals surface area contributed by atoms with Gasteiger partial charge in [0.1, 0.15) is 11.4 Å². The summed E-state index contributed by atoms with van der Waals surface area (Å²) < 4.78 is 18.2. The summed E-state index contributed by atoms with van der Waals surface area (Å²) >= 11 is 5.37. The number of amides is 2. The predicted molar refractivity (Wildman–Crippen MR) is 142 cm³/mol. The first-order valence-corrected chi connectivity index (χ1v) is 11.9. The average Bonchev–Trinajstić information content (AvgIpc) is 3.47. The van der Waals surface area contributed by atoms with Crippen molar-refractivity contribution in [2.45, 2.75) is 20.0 Å². The van der Waals surface area contributed by atoms with E-state index in [0.29, 0.717) is 45.9 Å². The van der Waals surface area contributed by atoms with Gasteiger partial charge in [-0.25, -0.2) is 0 Å². The second kappa shape index (κ2) is 11.6. The van der Waals surface area contributed by atoms with E-state index < -0.39 is 0 Å². The highest BCUT2D eigenvalue weighted by Gasteiger charge is 2.31. The molecule has 37 heavy (non-hydrogen) atoms. The fourth-order valence-corrected chi connectivity index (χ4v) is 3.95. The summed E-state index contributed by atoms with van der Waals surface area (Å²) in [5.41, 5.74) is 2.48. The van der Waals surface area contributed by atoms with Gasteiger partial charge in [-0.05, 0) is 55.0 Å². The Kier molecular flexibility index (Phi) is 8.04. The number of benzene rings is 2. The lowest BCUT2D eigenvalue weighted by Crippen LogP contribution is -2.29. The summed E-state index contributed by atoms with van der Waals surface area (Å²) in [6.45, 7) is 2.84. The van der Waals surface area contributed by atoms with E-state index >= 15 is 0 Å². The summed E-state index contributed by atoms with van der Waals surface area (Å²) in [7, 11) is 3.03. The van der Waals surface area contributed by atoms with Crippen molar-refractivity contribution in [1.29, 1.82) is 0 Å². The van der Waals surface area contributed by atoms with Crippen LogP contribution in [0, 0.1) is 0 Å². The molecule has 1 fully saturated rings. The molecule has 1 aliphatic rings. The third-order valence-electron chi connectivity index (χ3n) is 5.55. The van der Waals surface area contributed by atoms with E-state index in [-0.39, 0.29) is 18.4 Å². The van der Waals surface area contributed by atoms with Crippen LogP contribution in [-0.2, 0) is 22.7 Å². The summed E-state index contributed by atoms with van der Waals surface area (Å²) in [5, 5.41) is 10.3. The molecule has 2 amide bonds.